The number of anilines is 1. The number of hydrogen-bond acceptors (Lipinski definition) is 2. The van der Waals surface area contributed by atoms with Gasteiger partial charge in [0.1, 0.15) is 5.82 Å². The van der Waals surface area contributed by atoms with Crippen molar-refractivity contribution in [2.45, 2.75) is 37.6 Å². The molecule has 3 aromatic rings. The number of carboxylic acids is 1. The lowest BCUT2D eigenvalue weighted by Crippen LogP contribution is -2.38. The molecule has 4 nitrogen and oxygen atoms in total. The predicted molar refractivity (Wildman–Crippen MR) is 125 cm³/mol. The predicted octanol–water partition coefficient (Wildman–Crippen LogP) is 5.96. The maximum Gasteiger partial charge on any atom is 0.335 e. The van der Waals surface area contributed by atoms with Gasteiger partial charge < -0.3 is 10.0 Å². The van der Waals surface area contributed by atoms with Crippen molar-refractivity contribution in [2.75, 3.05) is 4.90 Å². The molecule has 0 radical (unpaired) electrons. The number of carbonyl (C=O) groups excluding carboxylic acids is 1. The Balaban J connectivity index is 1.63. The minimum atomic E-state index is -1.02. The van der Waals surface area contributed by atoms with E-state index in [1.165, 1.54) is 18.2 Å². The van der Waals surface area contributed by atoms with Crippen LogP contribution in [0.2, 0.25) is 5.02 Å². The van der Waals surface area contributed by atoms with Crippen LogP contribution >= 0.6 is 11.6 Å². The minimum absolute atomic E-state index is 0.0764. The van der Waals surface area contributed by atoms with Crippen molar-refractivity contribution in [3.8, 4) is 0 Å². The number of fused-ring (bicyclic) bond motifs is 2. The lowest BCUT2D eigenvalue weighted by Gasteiger charge is -2.27. The molecule has 5 rings (SSSR count). The Kier molecular flexibility index (Phi) is 4.87. The molecule has 1 amide bonds. The van der Waals surface area contributed by atoms with E-state index in [-0.39, 0.29) is 29.8 Å². The van der Waals surface area contributed by atoms with Gasteiger partial charge in [0.05, 0.1) is 17.5 Å². The van der Waals surface area contributed by atoms with Crippen LogP contribution in [0.5, 0.6) is 0 Å². The molecule has 3 aromatic carbocycles. The fourth-order valence-corrected chi connectivity index (χ4v) is 5.91. The van der Waals surface area contributed by atoms with Crippen LogP contribution < -0.4 is 4.90 Å². The van der Waals surface area contributed by atoms with E-state index < -0.39 is 16.8 Å². The summed E-state index contributed by atoms with van der Waals surface area (Å²) in [5, 5.41) is 9.97. The third-order valence-electron chi connectivity index (χ3n) is 7.36. The molecule has 1 spiro atoms. The Morgan fingerprint density at radius 3 is 2.52 bits per heavy atom. The molecule has 1 N–H and O–H groups in total. The van der Waals surface area contributed by atoms with Crippen molar-refractivity contribution in [3.05, 3.63) is 99.8 Å². The molecule has 1 saturated carbocycles. The number of rotatable bonds is 5. The Bertz CT molecular complexity index is 1290. The van der Waals surface area contributed by atoms with Crippen molar-refractivity contribution >= 4 is 29.2 Å². The van der Waals surface area contributed by atoms with Crippen LogP contribution in [0, 0.1) is 11.7 Å². The third kappa shape index (κ3) is 3.02. The highest BCUT2D eigenvalue weighted by molar-refractivity contribution is 6.30. The fraction of sp³-hybridized carbons (Fsp3) is 0.259. The molecule has 1 fully saturated rings. The number of benzene rings is 3. The summed E-state index contributed by atoms with van der Waals surface area (Å²) in [7, 11) is 0. The highest BCUT2D eigenvalue weighted by Crippen LogP contribution is 2.73. The Hall–Kier alpha value is -3.18. The number of carboxylic acid groups (broad SMARTS) is 1. The van der Waals surface area contributed by atoms with Gasteiger partial charge in [0, 0.05) is 16.1 Å². The first kappa shape index (κ1) is 21.7. The van der Waals surface area contributed by atoms with Crippen LogP contribution in [0.3, 0.4) is 0 Å². The number of amides is 1. The summed E-state index contributed by atoms with van der Waals surface area (Å²) in [6.07, 6.45) is 0.584. The molecule has 33 heavy (non-hydrogen) atoms. The van der Waals surface area contributed by atoms with Crippen molar-refractivity contribution in [1.29, 1.82) is 0 Å². The molecule has 6 heteroatoms. The smallest absolute Gasteiger partial charge is 0.335 e. The molecule has 168 valence electrons. The van der Waals surface area contributed by atoms with Gasteiger partial charge in [0.15, 0.2) is 0 Å². The maximum atomic E-state index is 14.5. The van der Waals surface area contributed by atoms with E-state index in [1.807, 2.05) is 24.3 Å². The second-order valence-electron chi connectivity index (χ2n) is 9.27. The lowest BCUT2D eigenvalue weighted by molar-refractivity contribution is -0.121. The van der Waals surface area contributed by atoms with Gasteiger partial charge in [0.25, 0.3) is 0 Å². The van der Waals surface area contributed by atoms with Crippen LogP contribution in [0.15, 0.2) is 66.7 Å². The molecule has 1 aliphatic carbocycles. The molecule has 0 unspecified atom stereocenters. The summed E-state index contributed by atoms with van der Waals surface area (Å²) < 4.78 is 14.5. The van der Waals surface area contributed by atoms with Crippen LogP contribution in [0.25, 0.3) is 0 Å². The zero-order valence-electron chi connectivity index (χ0n) is 18.3. The number of hydrogen-bond donors (Lipinski definition) is 1. The third-order valence-corrected chi connectivity index (χ3v) is 7.61. The van der Waals surface area contributed by atoms with Crippen molar-refractivity contribution in [3.63, 3.8) is 0 Å². The fourth-order valence-electron chi connectivity index (χ4n) is 5.78. The molecule has 1 heterocycles. The largest absolute Gasteiger partial charge is 0.478 e. The van der Waals surface area contributed by atoms with E-state index in [9.17, 15) is 19.1 Å². The monoisotopic (exact) mass is 463 g/mol. The van der Waals surface area contributed by atoms with E-state index in [1.54, 1.807) is 29.2 Å². The average molecular weight is 464 g/mol. The van der Waals surface area contributed by atoms with Crippen LogP contribution in [0.1, 0.15) is 47.3 Å². The van der Waals surface area contributed by atoms with Crippen LogP contribution in [0.4, 0.5) is 10.1 Å². The average Bonchev–Trinajstić information content (AvgIpc) is 3.45. The highest BCUT2D eigenvalue weighted by atomic mass is 35.5. The van der Waals surface area contributed by atoms with Gasteiger partial charge in [0.2, 0.25) is 5.91 Å². The zero-order chi connectivity index (χ0) is 23.5. The van der Waals surface area contributed by atoms with Crippen molar-refractivity contribution in [2.24, 2.45) is 5.92 Å². The second-order valence-corrected chi connectivity index (χ2v) is 9.71. The van der Waals surface area contributed by atoms with E-state index in [2.05, 4.69) is 13.8 Å². The first-order chi connectivity index (χ1) is 15.7. The normalized spacial score (nSPS) is 23.3. The van der Waals surface area contributed by atoms with Gasteiger partial charge in [-0.1, -0.05) is 49.7 Å². The van der Waals surface area contributed by atoms with Gasteiger partial charge in [-0.2, -0.15) is 0 Å². The summed E-state index contributed by atoms with van der Waals surface area (Å²) >= 11 is 6.13. The molecule has 0 aromatic heterocycles. The summed E-state index contributed by atoms with van der Waals surface area (Å²) in [5.41, 5.74) is 1.92. The summed E-state index contributed by atoms with van der Waals surface area (Å²) in [6, 6.07) is 18.7. The molecular formula is C27H23ClFNO3. The van der Waals surface area contributed by atoms with Gasteiger partial charge in [-0.15, -0.1) is 0 Å². The summed E-state index contributed by atoms with van der Waals surface area (Å²) in [5.74, 6) is -1.36. The zero-order valence-corrected chi connectivity index (χ0v) is 19.1. The Labute approximate surface area is 196 Å². The molecule has 0 bridgehead atoms. The molecular weight excluding hydrogens is 441 g/mol. The Morgan fingerprint density at radius 2 is 1.85 bits per heavy atom. The quantitative estimate of drug-likeness (QED) is 0.508. The Morgan fingerprint density at radius 1 is 1.12 bits per heavy atom. The number of nitrogens with zero attached hydrogens (tertiary/aromatic N) is 1. The molecule has 1 aliphatic heterocycles. The van der Waals surface area contributed by atoms with E-state index >= 15 is 0 Å². The van der Waals surface area contributed by atoms with Crippen LogP contribution in [-0.2, 0) is 22.2 Å². The number of halogens is 2. The highest BCUT2D eigenvalue weighted by Gasteiger charge is 2.77. The van der Waals surface area contributed by atoms with Gasteiger partial charge in [-0.3, -0.25) is 4.79 Å². The van der Waals surface area contributed by atoms with E-state index in [0.29, 0.717) is 28.3 Å². The van der Waals surface area contributed by atoms with E-state index in [0.717, 1.165) is 5.56 Å². The van der Waals surface area contributed by atoms with Crippen LogP contribution in [-0.4, -0.2) is 17.0 Å². The SMILES string of the molecule is CC(C)[C@@]1(c2ccc(Cl)cc2)C[C@@]12C(=O)N(Cc1cccc(C(=O)O)c1)c1ccc(F)cc12. The van der Waals surface area contributed by atoms with Gasteiger partial charge >= 0.3 is 5.97 Å². The minimum Gasteiger partial charge on any atom is -0.478 e. The molecule has 2 atom stereocenters. The summed E-state index contributed by atoms with van der Waals surface area (Å²) in [6.45, 7) is 4.40. The standard InChI is InChI=1S/C27H23ClFNO3/c1-16(2)26(19-6-8-20(28)9-7-19)15-27(26)22-13-21(29)10-11-23(22)30(25(27)33)14-17-4-3-5-18(12-17)24(31)32/h3-13,16H,14-15H2,1-2H3,(H,31,32)/t26-,27-/m1/s1. The van der Waals surface area contributed by atoms with Crippen molar-refractivity contribution in [1.82, 2.24) is 0 Å². The maximum absolute atomic E-state index is 14.5. The van der Waals surface area contributed by atoms with Crippen molar-refractivity contribution < 1.29 is 19.1 Å². The summed E-state index contributed by atoms with van der Waals surface area (Å²) in [4.78, 5) is 27.2. The number of aromatic carboxylic acids is 1. The number of carbonyl (C=O) groups is 2. The first-order valence-corrected chi connectivity index (χ1v) is 11.3. The topological polar surface area (TPSA) is 57.6 Å². The molecule has 0 saturated heterocycles. The molecule has 2 aliphatic rings. The van der Waals surface area contributed by atoms with Gasteiger partial charge in [-0.05, 0) is 71.5 Å². The lowest BCUT2D eigenvalue weighted by atomic mass is 9.75. The second kappa shape index (κ2) is 7.42. The first-order valence-electron chi connectivity index (χ1n) is 10.9. The van der Waals surface area contributed by atoms with Gasteiger partial charge in [-0.25, -0.2) is 9.18 Å². The van der Waals surface area contributed by atoms with E-state index in [4.69, 9.17) is 11.6 Å².